The topological polar surface area (TPSA) is 104 Å². The van der Waals surface area contributed by atoms with Crippen LogP contribution in [0, 0.1) is 22.7 Å². The van der Waals surface area contributed by atoms with Gasteiger partial charge in [-0.05, 0) is 72.9 Å². The minimum atomic E-state index is -0.938. The molecule has 0 aliphatic carbocycles. The van der Waals surface area contributed by atoms with E-state index < -0.39 is 5.54 Å². The lowest BCUT2D eigenvalue weighted by Crippen LogP contribution is -2.56. The maximum Gasteiger partial charge on any atom is 0.328 e. The number of carbonyl (C=O) groups is 2. The number of hydrogen-bond donors (Lipinski definition) is 0. The van der Waals surface area contributed by atoms with Crippen molar-refractivity contribution in [2.45, 2.75) is 44.4 Å². The van der Waals surface area contributed by atoms with E-state index in [1.807, 2.05) is 17.6 Å². The van der Waals surface area contributed by atoms with Gasteiger partial charge in [0.25, 0.3) is 5.91 Å². The number of piperidine rings is 1. The summed E-state index contributed by atoms with van der Waals surface area (Å²) in [5, 5.41) is 18.3. The summed E-state index contributed by atoms with van der Waals surface area (Å²) >= 11 is 1.63. The molecule has 0 N–H and O–H groups in total. The molecule has 2 aliphatic rings. The first kappa shape index (κ1) is 26.6. The molecule has 9 heteroatoms. The number of aromatic nitrogens is 1. The van der Waals surface area contributed by atoms with Crippen molar-refractivity contribution in [3.8, 4) is 12.1 Å². The van der Waals surface area contributed by atoms with Crippen molar-refractivity contribution in [2.24, 2.45) is 0 Å². The SMILES string of the molecule is CC(c1ccc2scnc2c1)N1CCC2(CC1)C(=O)N(Cc1ccc(C#N)cc1)C(=O)N2Cc1ccc(C#N)cc1. The van der Waals surface area contributed by atoms with Gasteiger partial charge in [-0.25, -0.2) is 9.78 Å². The highest BCUT2D eigenvalue weighted by atomic mass is 32.1. The molecule has 3 heterocycles. The largest absolute Gasteiger partial charge is 0.328 e. The average molecular weight is 561 g/mol. The predicted molar refractivity (Wildman–Crippen MR) is 155 cm³/mol. The number of imide groups is 1. The molecule has 4 aromatic rings. The normalized spacial score (nSPS) is 17.6. The predicted octanol–water partition coefficient (Wildman–Crippen LogP) is 5.60. The molecule has 1 unspecified atom stereocenters. The summed E-state index contributed by atoms with van der Waals surface area (Å²) in [4.78, 5) is 38.0. The average Bonchev–Trinajstić information content (AvgIpc) is 3.56. The maximum atomic E-state index is 14.1. The van der Waals surface area contributed by atoms with Gasteiger partial charge in [-0.1, -0.05) is 30.3 Å². The Bertz CT molecular complexity index is 1690. The Morgan fingerprint density at radius 2 is 1.51 bits per heavy atom. The second-order valence-electron chi connectivity index (χ2n) is 10.7. The number of nitriles is 2. The molecule has 8 nitrogen and oxygen atoms in total. The monoisotopic (exact) mass is 560 g/mol. The number of hydrogen-bond acceptors (Lipinski definition) is 7. The van der Waals surface area contributed by atoms with Crippen molar-refractivity contribution in [2.75, 3.05) is 13.1 Å². The van der Waals surface area contributed by atoms with Gasteiger partial charge in [-0.2, -0.15) is 10.5 Å². The number of thiazole rings is 1. The molecule has 2 aliphatic heterocycles. The summed E-state index contributed by atoms with van der Waals surface area (Å²) < 4.78 is 1.16. The van der Waals surface area contributed by atoms with E-state index in [1.165, 1.54) is 10.5 Å². The van der Waals surface area contributed by atoms with Crippen LogP contribution in [0.2, 0.25) is 0 Å². The quantitative estimate of drug-likeness (QED) is 0.284. The Balaban J connectivity index is 1.26. The van der Waals surface area contributed by atoms with Crippen LogP contribution >= 0.6 is 11.3 Å². The van der Waals surface area contributed by atoms with Crippen molar-refractivity contribution in [3.05, 3.63) is 100 Å². The van der Waals surface area contributed by atoms with E-state index in [9.17, 15) is 14.9 Å². The zero-order valence-corrected chi connectivity index (χ0v) is 23.5. The van der Waals surface area contributed by atoms with E-state index in [2.05, 4.69) is 47.1 Å². The summed E-state index contributed by atoms with van der Waals surface area (Å²) in [5.74, 6) is -0.170. The number of fused-ring (bicyclic) bond motifs is 1. The second-order valence-corrected chi connectivity index (χ2v) is 11.6. The van der Waals surface area contributed by atoms with Gasteiger partial charge in [0, 0.05) is 25.7 Å². The highest BCUT2D eigenvalue weighted by molar-refractivity contribution is 7.16. The number of rotatable bonds is 6. The summed E-state index contributed by atoms with van der Waals surface area (Å²) in [6.07, 6.45) is 1.06. The number of amides is 3. The lowest BCUT2D eigenvalue weighted by Gasteiger charge is -2.44. The molecular formula is C32H28N6O2S. The van der Waals surface area contributed by atoms with Crippen LogP contribution in [-0.4, -0.2) is 50.3 Å². The zero-order chi connectivity index (χ0) is 28.6. The Hall–Kier alpha value is -4.57. The fraction of sp³-hybridized carbons (Fsp3) is 0.281. The molecule has 1 atom stereocenters. The molecule has 2 saturated heterocycles. The van der Waals surface area contributed by atoms with E-state index in [0.29, 0.717) is 37.1 Å². The Morgan fingerprint density at radius 1 is 0.902 bits per heavy atom. The Kier molecular flexibility index (Phi) is 7.00. The third-order valence-electron chi connectivity index (χ3n) is 8.48. The number of carbonyl (C=O) groups excluding carboxylic acids is 2. The zero-order valence-electron chi connectivity index (χ0n) is 22.7. The number of likely N-dealkylation sites (tertiary alicyclic amines) is 1. The van der Waals surface area contributed by atoms with Crippen LogP contribution in [0.5, 0.6) is 0 Å². The summed E-state index contributed by atoms with van der Waals surface area (Å²) in [7, 11) is 0. The van der Waals surface area contributed by atoms with E-state index >= 15 is 0 Å². The van der Waals surface area contributed by atoms with Crippen LogP contribution in [-0.2, 0) is 17.9 Å². The molecule has 204 valence electrons. The third kappa shape index (κ3) is 4.84. The highest BCUT2D eigenvalue weighted by Crippen LogP contribution is 2.41. The van der Waals surface area contributed by atoms with Crippen LogP contribution in [0.3, 0.4) is 0 Å². The van der Waals surface area contributed by atoms with E-state index in [0.717, 1.165) is 21.3 Å². The lowest BCUT2D eigenvalue weighted by molar-refractivity contribution is -0.136. The van der Waals surface area contributed by atoms with Crippen molar-refractivity contribution < 1.29 is 9.59 Å². The summed E-state index contributed by atoms with van der Waals surface area (Å²) in [5.41, 5.74) is 5.85. The molecule has 41 heavy (non-hydrogen) atoms. The molecule has 1 spiro atoms. The van der Waals surface area contributed by atoms with E-state index in [1.54, 1.807) is 52.6 Å². The third-order valence-corrected chi connectivity index (χ3v) is 9.29. The fourth-order valence-electron chi connectivity index (χ4n) is 5.99. The minimum absolute atomic E-state index is 0.146. The summed E-state index contributed by atoms with van der Waals surface area (Å²) in [6, 6.07) is 24.6. The van der Waals surface area contributed by atoms with Gasteiger partial charge in [0.15, 0.2) is 0 Å². The molecule has 0 saturated carbocycles. The van der Waals surface area contributed by atoms with Gasteiger partial charge < -0.3 is 4.90 Å². The number of benzene rings is 3. The first-order chi connectivity index (χ1) is 19.9. The molecule has 0 bridgehead atoms. The van der Waals surface area contributed by atoms with Crippen molar-refractivity contribution in [1.29, 1.82) is 10.5 Å². The number of urea groups is 1. The van der Waals surface area contributed by atoms with Crippen LogP contribution in [0.15, 0.2) is 72.2 Å². The van der Waals surface area contributed by atoms with Crippen molar-refractivity contribution >= 4 is 33.5 Å². The standard InChI is InChI=1S/C32H28N6O2S/c1-22(27-10-11-29-28(16-27)35-21-41-29)36-14-12-32(13-15-36)30(39)37(19-25-6-2-23(17-33)3-7-25)31(40)38(32)20-26-8-4-24(18-34)5-9-26/h2-11,16,21-22H,12-15,19-20H2,1H3. The van der Waals surface area contributed by atoms with Gasteiger partial charge >= 0.3 is 6.03 Å². The molecule has 3 amide bonds. The van der Waals surface area contributed by atoms with Crippen LogP contribution in [0.25, 0.3) is 10.2 Å². The first-order valence-electron chi connectivity index (χ1n) is 13.6. The minimum Gasteiger partial charge on any atom is -0.305 e. The van der Waals surface area contributed by atoms with E-state index in [4.69, 9.17) is 5.26 Å². The molecule has 3 aromatic carbocycles. The summed E-state index contributed by atoms with van der Waals surface area (Å²) in [6.45, 7) is 3.96. The first-order valence-corrected chi connectivity index (χ1v) is 14.5. The van der Waals surface area contributed by atoms with Gasteiger partial charge in [0.2, 0.25) is 0 Å². The molecule has 6 rings (SSSR count). The van der Waals surface area contributed by atoms with Crippen LogP contribution in [0.4, 0.5) is 4.79 Å². The van der Waals surface area contributed by atoms with E-state index in [-0.39, 0.29) is 31.1 Å². The maximum absolute atomic E-state index is 14.1. The Morgan fingerprint density at radius 3 is 2.12 bits per heavy atom. The van der Waals surface area contributed by atoms with Gasteiger partial charge in [0.1, 0.15) is 5.54 Å². The highest BCUT2D eigenvalue weighted by Gasteiger charge is 2.58. The van der Waals surface area contributed by atoms with Crippen molar-refractivity contribution in [3.63, 3.8) is 0 Å². The fourth-order valence-corrected chi connectivity index (χ4v) is 6.64. The van der Waals surface area contributed by atoms with Crippen LogP contribution < -0.4 is 0 Å². The molecule has 0 radical (unpaired) electrons. The van der Waals surface area contributed by atoms with Gasteiger partial charge in [0.05, 0.1) is 45.5 Å². The van der Waals surface area contributed by atoms with Gasteiger partial charge in [-0.15, -0.1) is 11.3 Å². The molecule has 2 fully saturated rings. The van der Waals surface area contributed by atoms with Crippen LogP contribution in [0.1, 0.15) is 53.6 Å². The number of nitrogens with zero attached hydrogens (tertiary/aromatic N) is 6. The second kappa shape index (κ2) is 10.8. The molecular weight excluding hydrogens is 532 g/mol. The van der Waals surface area contributed by atoms with Gasteiger partial charge in [-0.3, -0.25) is 14.6 Å². The smallest absolute Gasteiger partial charge is 0.305 e. The lowest BCUT2D eigenvalue weighted by atomic mass is 9.84. The Labute approximate surface area is 242 Å². The van der Waals surface area contributed by atoms with Crippen molar-refractivity contribution in [1.82, 2.24) is 19.7 Å². The molecule has 1 aromatic heterocycles.